The summed E-state index contributed by atoms with van der Waals surface area (Å²) in [6, 6.07) is 8.21. The molecule has 2 aliphatic rings. The third kappa shape index (κ3) is 1.99. The van der Waals surface area contributed by atoms with Gasteiger partial charge < -0.3 is 5.32 Å². The summed E-state index contributed by atoms with van der Waals surface area (Å²) in [4.78, 5) is 0. The largest absolute Gasteiger partial charge is 0.383 e. The molecule has 2 heteroatoms. The van der Waals surface area contributed by atoms with Crippen molar-refractivity contribution in [3.05, 3.63) is 29.3 Å². The van der Waals surface area contributed by atoms with Gasteiger partial charge in [-0.25, -0.2) is 0 Å². The first kappa shape index (κ1) is 11.6. The molecule has 0 aromatic heterocycles. The zero-order valence-electron chi connectivity index (χ0n) is 10.9. The van der Waals surface area contributed by atoms with Gasteiger partial charge in [-0.3, -0.25) is 0 Å². The van der Waals surface area contributed by atoms with Crippen molar-refractivity contribution in [3.63, 3.8) is 0 Å². The summed E-state index contributed by atoms with van der Waals surface area (Å²) >= 11 is 0. The molecule has 1 aromatic carbocycles. The van der Waals surface area contributed by atoms with Gasteiger partial charge in [0.05, 0.1) is 11.3 Å². The molecule has 0 aliphatic heterocycles. The molecule has 3 unspecified atom stereocenters. The van der Waals surface area contributed by atoms with E-state index in [1.165, 1.54) is 31.2 Å². The SMILES string of the molecule is Cc1cccc(C#N)c1NCC1CC2CCC1C2. The van der Waals surface area contributed by atoms with Crippen molar-refractivity contribution in [3.8, 4) is 6.07 Å². The molecule has 0 radical (unpaired) electrons. The van der Waals surface area contributed by atoms with Crippen LogP contribution in [0.1, 0.15) is 36.8 Å². The summed E-state index contributed by atoms with van der Waals surface area (Å²) in [5.41, 5.74) is 3.00. The summed E-state index contributed by atoms with van der Waals surface area (Å²) in [7, 11) is 0. The highest BCUT2D eigenvalue weighted by Gasteiger charge is 2.39. The van der Waals surface area contributed by atoms with Gasteiger partial charge >= 0.3 is 0 Å². The van der Waals surface area contributed by atoms with E-state index in [-0.39, 0.29) is 0 Å². The van der Waals surface area contributed by atoms with Gasteiger partial charge in [0, 0.05) is 6.54 Å². The fraction of sp³-hybridized carbons (Fsp3) is 0.562. The molecule has 1 aromatic rings. The third-order valence-electron chi connectivity index (χ3n) is 4.82. The van der Waals surface area contributed by atoms with Crippen LogP contribution in [0.2, 0.25) is 0 Å². The fourth-order valence-corrected chi connectivity index (χ4v) is 3.86. The Morgan fingerprint density at radius 2 is 2.22 bits per heavy atom. The lowest BCUT2D eigenvalue weighted by Gasteiger charge is -2.23. The van der Waals surface area contributed by atoms with Crippen LogP contribution < -0.4 is 5.32 Å². The molecule has 2 bridgehead atoms. The van der Waals surface area contributed by atoms with Crippen LogP contribution in [0.15, 0.2) is 18.2 Å². The zero-order chi connectivity index (χ0) is 12.5. The second kappa shape index (κ2) is 4.65. The number of rotatable bonds is 3. The standard InChI is InChI=1S/C16H20N2/c1-11-3-2-4-14(9-17)16(11)18-10-15-8-12-5-6-13(15)7-12/h2-4,12-13,15,18H,5-8,10H2,1H3. The zero-order valence-corrected chi connectivity index (χ0v) is 10.9. The van der Waals surface area contributed by atoms with Crippen molar-refractivity contribution in [2.24, 2.45) is 17.8 Å². The molecule has 2 nitrogen and oxygen atoms in total. The van der Waals surface area contributed by atoms with E-state index >= 15 is 0 Å². The summed E-state index contributed by atoms with van der Waals surface area (Å²) < 4.78 is 0. The van der Waals surface area contributed by atoms with Crippen molar-refractivity contribution in [2.75, 3.05) is 11.9 Å². The highest BCUT2D eigenvalue weighted by Crippen LogP contribution is 2.48. The van der Waals surface area contributed by atoms with Gasteiger partial charge in [-0.1, -0.05) is 18.6 Å². The molecule has 1 N–H and O–H groups in total. The van der Waals surface area contributed by atoms with E-state index in [0.717, 1.165) is 35.5 Å². The second-order valence-electron chi connectivity index (χ2n) is 5.93. The third-order valence-corrected chi connectivity index (χ3v) is 4.82. The van der Waals surface area contributed by atoms with Crippen LogP contribution in [0.5, 0.6) is 0 Å². The molecular formula is C16H20N2. The predicted molar refractivity (Wildman–Crippen MR) is 73.3 cm³/mol. The Balaban J connectivity index is 1.69. The summed E-state index contributed by atoms with van der Waals surface area (Å²) in [6.07, 6.45) is 5.72. The first-order valence-corrected chi connectivity index (χ1v) is 7.01. The Kier molecular flexibility index (Phi) is 2.99. The van der Waals surface area contributed by atoms with Crippen molar-refractivity contribution in [2.45, 2.75) is 32.6 Å². The Bertz CT molecular complexity index is 486. The van der Waals surface area contributed by atoms with E-state index in [1.807, 2.05) is 12.1 Å². The van der Waals surface area contributed by atoms with E-state index in [9.17, 15) is 0 Å². The Labute approximate surface area is 109 Å². The smallest absolute Gasteiger partial charge is 0.101 e. The molecule has 3 atom stereocenters. The minimum Gasteiger partial charge on any atom is -0.383 e. The van der Waals surface area contributed by atoms with Gasteiger partial charge in [0.2, 0.25) is 0 Å². The van der Waals surface area contributed by atoms with Crippen LogP contribution in [-0.4, -0.2) is 6.54 Å². The van der Waals surface area contributed by atoms with Gasteiger partial charge in [-0.05, 0) is 55.6 Å². The average Bonchev–Trinajstić information content (AvgIpc) is 2.99. The number of nitrogens with zero attached hydrogens (tertiary/aromatic N) is 1. The van der Waals surface area contributed by atoms with E-state index < -0.39 is 0 Å². The number of para-hydroxylation sites is 1. The molecule has 0 heterocycles. The second-order valence-corrected chi connectivity index (χ2v) is 5.93. The summed E-state index contributed by atoms with van der Waals surface area (Å²) in [5.74, 6) is 2.76. The number of anilines is 1. The van der Waals surface area contributed by atoms with Crippen molar-refractivity contribution in [1.29, 1.82) is 5.26 Å². The topological polar surface area (TPSA) is 35.8 Å². The number of fused-ring (bicyclic) bond motifs is 2. The van der Waals surface area contributed by atoms with Gasteiger partial charge in [-0.15, -0.1) is 0 Å². The maximum Gasteiger partial charge on any atom is 0.101 e. The molecule has 0 amide bonds. The molecule has 0 spiro atoms. The monoisotopic (exact) mass is 240 g/mol. The van der Waals surface area contributed by atoms with Crippen molar-refractivity contribution < 1.29 is 0 Å². The molecule has 3 rings (SSSR count). The number of hydrogen-bond donors (Lipinski definition) is 1. The number of aryl methyl sites for hydroxylation is 1. The lowest BCUT2D eigenvalue weighted by atomic mass is 9.88. The molecule has 2 aliphatic carbocycles. The lowest BCUT2D eigenvalue weighted by molar-refractivity contribution is 0.348. The van der Waals surface area contributed by atoms with Crippen LogP contribution in [0, 0.1) is 36.0 Å². The maximum atomic E-state index is 9.15. The van der Waals surface area contributed by atoms with Gasteiger partial charge in [0.25, 0.3) is 0 Å². The van der Waals surface area contributed by atoms with Gasteiger partial charge in [0.1, 0.15) is 6.07 Å². The van der Waals surface area contributed by atoms with E-state index in [4.69, 9.17) is 5.26 Å². The highest BCUT2D eigenvalue weighted by molar-refractivity contribution is 5.62. The molecule has 18 heavy (non-hydrogen) atoms. The average molecular weight is 240 g/mol. The number of nitriles is 1. The van der Waals surface area contributed by atoms with E-state index in [1.54, 1.807) is 0 Å². The van der Waals surface area contributed by atoms with Crippen molar-refractivity contribution >= 4 is 5.69 Å². The summed E-state index contributed by atoms with van der Waals surface area (Å²) in [6.45, 7) is 3.12. The van der Waals surface area contributed by atoms with Crippen LogP contribution in [0.3, 0.4) is 0 Å². The van der Waals surface area contributed by atoms with Crippen LogP contribution in [-0.2, 0) is 0 Å². The molecule has 2 saturated carbocycles. The molecule has 94 valence electrons. The molecule has 0 saturated heterocycles. The molecular weight excluding hydrogens is 220 g/mol. The summed E-state index contributed by atoms with van der Waals surface area (Å²) in [5, 5.41) is 12.7. The number of benzene rings is 1. The highest BCUT2D eigenvalue weighted by atomic mass is 14.9. The first-order valence-electron chi connectivity index (χ1n) is 7.01. The molecule has 2 fully saturated rings. The quantitative estimate of drug-likeness (QED) is 0.874. The van der Waals surface area contributed by atoms with E-state index in [0.29, 0.717) is 0 Å². The first-order chi connectivity index (χ1) is 8.78. The van der Waals surface area contributed by atoms with Crippen LogP contribution >= 0.6 is 0 Å². The van der Waals surface area contributed by atoms with Crippen LogP contribution in [0.4, 0.5) is 5.69 Å². The predicted octanol–water partition coefficient (Wildman–Crippen LogP) is 3.71. The van der Waals surface area contributed by atoms with Crippen molar-refractivity contribution in [1.82, 2.24) is 0 Å². The number of nitrogens with one attached hydrogen (secondary N) is 1. The maximum absolute atomic E-state index is 9.15. The lowest BCUT2D eigenvalue weighted by Crippen LogP contribution is -2.20. The van der Waals surface area contributed by atoms with Gasteiger partial charge in [-0.2, -0.15) is 5.26 Å². The fourth-order valence-electron chi connectivity index (χ4n) is 3.86. The van der Waals surface area contributed by atoms with Crippen LogP contribution in [0.25, 0.3) is 0 Å². The normalized spacial score (nSPS) is 29.2. The number of hydrogen-bond acceptors (Lipinski definition) is 2. The van der Waals surface area contributed by atoms with Gasteiger partial charge in [0.15, 0.2) is 0 Å². The minimum absolute atomic E-state index is 0.776. The Morgan fingerprint density at radius 3 is 2.89 bits per heavy atom. The minimum atomic E-state index is 0.776. The van der Waals surface area contributed by atoms with E-state index in [2.05, 4.69) is 24.4 Å². The Hall–Kier alpha value is -1.49. The Morgan fingerprint density at radius 1 is 1.33 bits per heavy atom.